The fourth-order valence-electron chi connectivity index (χ4n) is 2.75. The molecule has 0 bridgehead atoms. The standard InChI is InChI=1S/C17H20N4/c1-3-18-16(10-13-11-20-21(2)12-13)17-15-7-5-4-6-14(15)8-9-19-17/h4-9,11-12,16,18H,3,10H2,1-2H3. The summed E-state index contributed by atoms with van der Waals surface area (Å²) in [5, 5.41) is 10.3. The average molecular weight is 280 g/mol. The van der Waals surface area contributed by atoms with Gasteiger partial charge in [0.25, 0.3) is 0 Å². The van der Waals surface area contributed by atoms with Crippen molar-refractivity contribution in [2.45, 2.75) is 19.4 Å². The van der Waals surface area contributed by atoms with Crippen LogP contribution in [-0.4, -0.2) is 21.3 Å². The highest BCUT2D eigenvalue weighted by molar-refractivity contribution is 5.84. The van der Waals surface area contributed by atoms with Gasteiger partial charge in [-0.2, -0.15) is 5.10 Å². The number of likely N-dealkylation sites (N-methyl/N-ethyl adjacent to an activating group) is 1. The number of benzene rings is 1. The Morgan fingerprint density at radius 3 is 2.86 bits per heavy atom. The van der Waals surface area contributed by atoms with Gasteiger partial charge in [-0.05, 0) is 30.0 Å². The summed E-state index contributed by atoms with van der Waals surface area (Å²) in [5.74, 6) is 0. The van der Waals surface area contributed by atoms with E-state index in [-0.39, 0.29) is 6.04 Å². The minimum absolute atomic E-state index is 0.199. The minimum atomic E-state index is 0.199. The normalized spacial score (nSPS) is 12.7. The first-order chi connectivity index (χ1) is 10.3. The van der Waals surface area contributed by atoms with Gasteiger partial charge in [-0.25, -0.2) is 0 Å². The lowest BCUT2D eigenvalue weighted by molar-refractivity contribution is 0.540. The molecule has 2 heterocycles. The maximum atomic E-state index is 4.64. The Balaban J connectivity index is 1.98. The molecular formula is C17H20N4. The lowest BCUT2D eigenvalue weighted by Crippen LogP contribution is -2.24. The number of hydrogen-bond acceptors (Lipinski definition) is 3. The van der Waals surface area contributed by atoms with Gasteiger partial charge in [0.05, 0.1) is 17.9 Å². The average Bonchev–Trinajstić information content (AvgIpc) is 2.91. The van der Waals surface area contributed by atoms with E-state index in [1.54, 1.807) is 0 Å². The Bertz CT molecular complexity index is 727. The molecule has 0 amide bonds. The molecule has 0 saturated heterocycles. The molecular weight excluding hydrogens is 260 g/mol. The van der Waals surface area contributed by atoms with E-state index in [9.17, 15) is 0 Å². The number of fused-ring (bicyclic) bond motifs is 1. The van der Waals surface area contributed by atoms with E-state index >= 15 is 0 Å². The Morgan fingerprint density at radius 2 is 2.10 bits per heavy atom. The van der Waals surface area contributed by atoms with Gasteiger partial charge >= 0.3 is 0 Å². The first-order valence-electron chi connectivity index (χ1n) is 7.32. The Morgan fingerprint density at radius 1 is 1.24 bits per heavy atom. The Labute approximate surface area is 124 Å². The quantitative estimate of drug-likeness (QED) is 0.781. The number of nitrogens with zero attached hydrogens (tertiary/aromatic N) is 3. The topological polar surface area (TPSA) is 42.7 Å². The van der Waals surface area contributed by atoms with E-state index in [4.69, 9.17) is 0 Å². The van der Waals surface area contributed by atoms with E-state index in [0.29, 0.717) is 0 Å². The van der Waals surface area contributed by atoms with E-state index in [1.165, 1.54) is 16.3 Å². The summed E-state index contributed by atoms with van der Waals surface area (Å²) in [6.07, 6.45) is 6.78. The molecule has 0 aliphatic carbocycles. The van der Waals surface area contributed by atoms with E-state index in [0.717, 1.165) is 18.7 Å². The van der Waals surface area contributed by atoms with Crippen molar-refractivity contribution in [2.75, 3.05) is 6.54 Å². The predicted molar refractivity (Wildman–Crippen MR) is 85.1 cm³/mol. The molecule has 0 fully saturated rings. The molecule has 0 aliphatic heterocycles. The molecule has 4 heteroatoms. The third-order valence-corrected chi connectivity index (χ3v) is 3.68. The molecule has 0 saturated carbocycles. The second kappa shape index (κ2) is 6.06. The molecule has 0 aliphatic rings. The van der Waals surface area contributed by atoms with Crippen LogP contribution in [0.2, 0.25) is 0 Å². The second-order valence-corrected chi connectivity index (χ2v) is 5.25. The fourth-order valence-corrected chi connectivity index (χ4v) is 2.75. The Hall–Kier alpha value is -2.20. The summed E-state index contributed by atoms with van der Waals surface area (Å²) in [4.78, 5) is 4.64. The number of hydrogen-bond donors (Lipinski definition) is 1. The molecule has 0 radical (unpaired) electrons. The van der Waals surface area contributed by atoms with E-state index in [2.05, 4.69) is 58.9 Å². The molecule has 1 unspecified atom stereocenters. The molecule has 1 aromatic carbocycles. The smallest absolute Gasteiger partial charge is 0.0654 e. The summed E-state index contributed by atoms with van der Waals surface area (Å²) in [5.41, 5.74) is 2.33. The maximum absolute atomic E-state index is 4.64. The molecule has 2 aromatic heterocycles. The van der Waals surface area contributed by atoms with Crippen LogP contribution in [0.4, 0.5) is 0 Å². The van der Waals surface area contributed by atoms with Gasteiger partial charge in [0.1, 0.15) is 0 Å². The highest BCUT2D eigenvalue weighted by atomic mass is 15.2. The molecule has 3 aromatic rings. The zero-order valence-electron chi connectivity index (χ0n) is 12.5. The largest absolute Gasteiger partial charge is 0.309 e. The zero-order chi connectivity index (χ0) is 14.7. The molecule has 3 rings (SSSR count). The number of rotatable bonds is 5. The van der Waals surface area contributed by atoms with Crippen molar-refractivity contribution in [3.63, 3.8) is 0 Å². The van der Waals surface area contributed by atoms with Crippen molar-refractivity contribution in [1.82, 2.24) is 20.1 Å². The van der Waals surface area contributed by atoms with Crippen LogP contribution in [0.1, 0.15) is 24.2 Å². The highest BCUT2D eigenvalue weighted by Crippen LogP contribution is 2.24. The summed E-state index contributed by atoms with van der Waals surface area (Å²) in [6.45, 7) is 3.04. The molecule has 1 atom stereocenters. The number of aromatic nitrogens is 3. The van der Waals surface area contributed by atoms with E-state index < -0.39 is 0 Å². The van der Waals surface area contributed by atoms with Gasteiger partial charge in [-0.15, -0.1) is 0 Å². The van der Waals surface area contributed by atoms with Gasteiger partial charge in [-0.3, -0.25) is 9.67 Å². The van der Waals surface area contributed by atoms with Crippen LogP contribution in [0.3, 0.4) is 0 Å². The monoisotopic (exact) mass is 280 g/mol. The lowest BCUT2D eigenvalue weighted by atomic mass is 10.00. The molecule has 1 N–H and O–H groups in total. The lowest BCUT2D eigenvalue weighted by Gasteiger charge is -2.18. The summed E-state index contributed by atoms with van der Waals surface area (Å²) in [7, 11) is 1.95. The van der Waals surface area contributed by atoms with Gasteiger partial charge in [-0.1, -0.05) is 31.2 Å². The van der Waals surface area contributed by atoms with Crippen LogP contribution >= 0.6 is 0 Å². The molecule has 0 spiro atoms. The SMILES string of the molecule is CCNC(Cc1cnn(C)c1)c1nccc2ccccc12. The zero-order valence-corrected chi connectivity index (χ0v) is 12.5. The van der Waals surface area contributed by atoms with Crippen LogP contribution in [0.25, 0.3) is 10.8 Å². The number of aryl methyl sites for hydroxylation is 1. The fraction of sp³-hybridized carbons (Fsp3) is 0.294. The van der Waals surface area contributed by atoms with Crippen LogP contribution in [0, 0.1) is 0 Å². The van der Waals surface area contributed by atoms with Crippen molar-refractivity contribution >= 4 is 10.8 Å². The third-order valence-electron chi connectivity index (χ3n) is 3.68. The minimum Gasteiger partial charge on any atom is -0.309 e. The molecule has 21 heavy (non-hydrogen) atoms. The third kappa shape index (κ3) is 2.95. The van der Waals surface area contributed by atoms with Crippen molar-refractivity contribution in [3.05, 3.63) is 60.2 Å². The van der Waals surface area contributed by atoms with Gasteiger partial charge in [0, 0.05) is 24.8 Å². The highest BCUT2D eigenvalue weighted by Gasteiger charge is 2.16. The van der Waals surface area contributed by atoms with Crippen molar-refractivity contribution in [1.29, 1.82) is 0 Å². The van der Waals surface area contributed by atoms with Gasteiger partial charge in [0.15, 0.2) is 0 Å². The van der Waals surface area contributed by atoms with Crippen LogP contribution in [0.15, 0.2) is 48.9 Å². The Kier molecular flexibility index (Phi) is 3.97. The number of pyridine rings is 1. The molecule has 4 nitrogen and oxygen atoms in total. The summed E-state index contributed by atoms with van der Waals surface area (Å²) < 4.78 is 1.84. The summed E-state index contributed by atoms with van der Waals surface area (Å²) in [6, 6.07) is 10.7. The van der Waals surface area contributed by atoms with Crippen molar-refractivity contribution in [2.24, 2.45) is 7.05 Å². The van der Waals surface area contributed by atoms with Crippen molar-refractivity contribution in [3.8, 4) is 0 Å². The molecule has 108 valence electrons. The maximum Gasteiger partial charge on any atom is 0.0654 e. The second-order valence-electron chi connectivity index (χ2n) is 5.25. The van der Waals surface area contributed by atoms with Crippen molar-refractivity contribution < 1.29 is 0 Å². The predicted octanol–water partition coefficient (Wildman–Crippen LogP) is 2.86. The van der Waals surface area contributed by atoms with Crippen LogP contribution < -0.4 is 5.32 Å². The van der Waals surface area contributed by atoms with Crippen LogP contribution in [-0.2, 0) is 13.5 Å². The van der Waals surface area contributed by atoms with Crippen LogP contribution in [0.5, 0.6) is 0 Å². The van der Waals surface area contributed by atoms with E-state index in [1.807, 2.05) is 24.1 Å². The number of nitrogens with one attached hydrogen (secondary N) is 1. The summed E-state index contributed by atoms with van der Waals surface area (Å²) >= 11 is 0. The first-order valence-corrected chi connectivity index (χ1v) is 7.32. The first kappa shape index (κ1) is 13.8. The van der Waals surface area contributed by atoms with Gasteiger partial charge in [0.2, 0.25) is 0 Å². The van der Waals surface area contributed by atoms with Gasteiger partial charge < -0.3 is 5.32 Å².